The monoisotopic (exact) mass is 281 g/mol. The zero-order valence-corrected chi connectivity index (χ0v) is 15.7. The van der Waals surface area contributed by atoms with Crippen LogP contribution in [0.1, 0.15) is 88.0 Å². The van der Waals surface area contributed by atoms with Gasteiger partial charge in [-0.1, -0.05) is 48.5 Å². The van der Waals surface area contributed by atoms with Gasteiger partial charge in [0.2, 0.25) is 0 Å². The highest BCUT2D eigenvalue weighted by molar-refractivity contribution is 4.92. The van der Waals surface area contributed by atoms with Gasteiger partial charge in [-0.3, -0.25) is 4.90 Å². The first-order valence-corrected chi connectivity index (χ1v) is 8.48. The lowest BCUT2D eigenvalue weighted by atomic mass is 9.70. The smallest absolute Gasteiger partial charge is 0.0158 e. The van der Waals surface area contributed by atoms with Crippen LogP contribution < -0.4 is 0 Å². The Labute approximate surface area is 128 Å². The van der Waals surface area contributed by atoms with Crippen molar-refractivity contribution in [1.82, 2.24) is 4.90 Å². The van der Waals surface area contributed by atoms with Crippen molar-refractivity contribution in [1.29, 1.82) is 0 Å². The van der Waals surface area contributed by atoms with Crippen LogP contribution in [0.25, 0.3) is 0 Å². The van der Waals surface area contributed by atoms with E-state index in [0.29, 0.717) is 21.8 Å². The highest BCUT2D eigenvalue weighted by Gasteiger charge is 2.38. The third-order valence-electron chi connectivity index (χ3n) is 4.68. The highest BCUT2D eigenvalue weighted by Crippen LogP contribution is 2.42. The highest BCUT2D eigenvalue weighted by atomic mass is 15.2. The van der Waals surface area contributed by atoms with E-state index in [4.69, 9.17) is 0 Å². The maximum atomic E-state index is 2.77. The molecule has 1 rings (SSSR count). The maximum Gasteiger partial charge on any atom is 0.0158 e. The molecule has 0 aromatic heterocycles. The second-order valence-corrected chi connectivity index (χ2v) is 10.6. The summed E-state index contributed by atoms with van der Waals surface area (Å²) in [6.07, 6.45) is 5.30. The molecule has 0 saturated carbocycles. The molecule has 0 unspecified atom stereocenters. The van der Waals surface area contributed by atoms with Crippen molar-refractivity contribution >= 4 is 0 Å². The average molecular weight is 282 g/mol. The molecule has 0 amide bonds. The molecule has 0 N–H and O–H groups in total. The van der Waals surface area contributed by atoms with Gasteiger partial charge in [-0.05, 0) is 62.3 Å². The number of hydrogen-bond acceptors (Lipinski definition) is 1. The van der Waals surface area contributed by atoms with Crippen LogP contribution in [0.2, 0.25) is 0 Å². The lowest BCUT2D eigenvalue weighted by molar-refractivity contribution is 0.00859. The lowest BCUT2D eigenvalue weighted by Gasteiger charge is -2.49. The van der Waals surface area contributed by atoms with Crippen LogP contribution in [0.15, 0.2) is 0 Å². The van der Waals surface area contributed by atoms with Gasteiger partial charge in [0.1, 0.15) is 0 Å². The number of rotatable bonds is 2. The molecule has 1 saturated heterocycles. The van der Waals surface area contributed by atoms with Gasteiger partial charge in [0.25, 0.3) is 0 Å². The van der Waals surface area contributed by atoms with Crippen LogP contribution in [0.5, 0.6) is 0 Å². The normalized spacial score (nSPS) is 25.1. The topological polar surface area (TPSA) is 3.24 Å². The Morgan fingerprint density at radius 2 is 1.45 bits per heavy atom. The molecule has 0 spiro atoms. The fourth-order valence-corrected chi connectivity index (χ4v) is 4.71. The van der Waals surface area contributed by atoms with Crippen LogP contribution in [0.4, 0.5) is 0 Å². The molecule has 0 bridgehead atoms. The minimum atomic E-state index is 0.303. The van der Waals surface area contributed by atoms with Gasteiger partial charge >= 0.3 is 0 Å². The summed E-state index contributed by atoms with van der Waals surface area (Å²) in [5, 5.41) is 0. The minimum Gasteiger partial charge on any atom is -0.298 e. The molecule has 1 nitrogen and oxygen atoms in total. The third-order valence-corrected chi connectivity index (χ3v) is 4.68. The van der Waals surface area contributed by atoms with Crippen molar-refractivity contribution < 1.29 is 0 Å². The number of hydrogen-bond donors (Lipinski definition) is 0. The Bertz CT molecular complexity index is 317. The largest absolute Gasteiger partial charge is 0.298 e. The van der Waals surface area contributed by atoms with E-state index in [2.05, 4.69) is 67.2 Å². The molecular weight excluding hydrogens is 242 g/mol. The second-order valence-electron chi connectivity index (χ2n) is 10.6. The lowest BCUT2D eigenvalue weighted by Crippen LogP contribution is -2.52. The molecule has 1 heteroatoms. The van der Waals surface area contributed by atoms with Gasteiger partial charge in [-0.2, -0.15) is 0 Å². The van der Waals surface area contributed by atoms with E-state index < -0.39 is 0 Å². The van der Waals surface area contributed by atoms with E-state index in [0.717, 1.165) is 0 Å². The van der Waals surface area contributed by atoms with Gasteiger partial charge in [0.15, 0.2) is 0 Å². The van der Waals surface area contributed by atoms with Crippen LogP contribution >= 0.6 is 0 Å². The third kappa shape index (κ3) is 5.76. The molecule has 1 heterocycles. The van der Waals surface area contributed by atoms with E-state index in [1.165, 1.54) is 38.8 Å². The molecule has 1 aliphatic heterocycles. The summed E-state index contributed by atoms with van der Waals surface area (Å²) in [4.78, 5) is 2.77. The van der Waals surface area contributed by atoms with Crippen LogP contribution in [0, 0.1) is 16.2 Å². The van der Waals surface area contributed by atoms with E-state index in [9.17, 15) is 0 Å². The summed E-state index contributed by atoms with van der Waals surface area (Å²) in [5.41, 5.74) is 1.62. The SMILES string of the molecule is CC(C)(C)CC(C)(C)N1CCCC(C)(C)CC(C)(C)C1. The van der Waals surface area contributed by atoms with Crippen molar-refractivity contribution in [2.75, 3.05) is 13.1 Å². The first-order valence-electron chi connectivity index (χ1n) is 8.48. The molecule has 1 aliphatic rings. The van der Waals surface area contributed by atoms with Gasteiger partial charge in [-0.25, -0.2) is 0 Å². The van der Waals surface area contributed by atoms with Crippen LogP contribution in [-0.2, 0) is 0 Å². The van der Waals surface area contributed by atoms with Crippen molar-refractivity contribution in [2.45, 2.75) is 93.5 Å². The molecule has 120 valence electrons. The predicted octanol–water partition coefficient (Wildman–Crippen LogP) is 5.74. The Hall–Kier alpha value is -0.0400. The van der Waals surface area contributed by atoms with Crippen molar-refractivity contribution in [3.05, 3.63) is 0 Å². The molecular formula is C19H39N. The summed E-state index contributed by atoms with van der Waals surface area (Å²) in [6, 6.07) is 0. The predicted molar refractivity (Wildman–Crippen MR) is 91.1 cm³/mol. The van der Waals surface area contributed by atoms with E-state index in [1.54, 1.807) is 0 Å². The Kier molecular flexibility index (Phi) is 5.07. The van der Waals surface area contributed by atoms with Crippen molar-refractivity contribution in [3.8, 4) is 0 Å². The molecule has 0 aromatic rings. The van der Waals surface area contributed by atoms with Gasteiger partial charge in [0, 0.05) is 12.1 Å². The van der Waals surface area contributed by atoms with E-state index in [-0.39, 0.29) is 0 Å². The molecule has 0 atom stereocenters. The molecule has 0 aliphatic carbocycles. The number of likely N-dealkylation sites (tertiary alicyclic amines) is 1. The Balaban J connectivity index is 2.86. The molecule has 0 aromatic carbocycles. The zero-order valence-electron chi connectivity index (χ0n) is 15.7. The van der Waals surface area contributed by atoms with Crippen molar-refractivity contribution in [2.24, 2.45) is 16.2 Å². The summed E-state index contributed by atoms with van der Waals surface area (Å²) < 4.78 is 0. The van der Waals surface area contributed by atoms with E-state index >= 15 is 0 Å². The standard InChI is InChI=1S/C19H39N/c1-16(2,3)13-19(8,9)20-12-10-11-17(4,5)14-18(6,7)15-20/h10-15H2,1-9H3. The molecule has 1 fully saturated rings. The second kappa shape index (κ2) is 5.63. The maximum absolute atomic E-state index is 2.77. The average Bonchev–Trinajstić information content (AvgIpc) is 2.07. The summed E-state index contributed by atoms with van der Waals surface area (Å²) in [6.45, 7) is 24.3. The van der Waals surface area contributed by atoms with Crippen molar-refractivity contribution in [3.63, 3.8) is 0 Å². The zero-order chi connectivity index (χ0) is 15.8. The Morgan fingerprint density at radius 1 is 0.900 bits per heavy atom. The fourth-order valence-electron chi connectivity index (χ4n) is 4.71. The summed E-state index contributed by atoms with van der Waals surface area (Å²) in [5.74, 6) is 0. The van der Waals surface area contributed by atoms with Crippen LogP contribution in [0.3, 0.4) is 0 Å². The Morgan fingerprint density at radius 3 is 1.95 bits per heavy atom. The first kappa shape index (κ1) is 18.0. The quantitative estimate of drug-likeness (QED) is 0.624. The van der Waals surface area contributed by atoms with Gasteiger partial charge in [0.05, 0.1) is 0 Å². The summed E-state index contributed by atoms with van der Waals surface area (Å²) in [7, 11) is 0. The van der Waals surface area contributed by atoms with Gasteiger partial charge in [-0.15, -0.1) is 0 Å². The molecule has 20 heavy (non-hydrogen) atoms. The first-order chi connectivity index (χ1) is 8.73. The van der Waals surface area contributed by atoms with Gasteiger partial charge < -0.3 is 0 Å². The fraction of sp³-hybridized carbons (Fsp3) is 1.00. The minimum absolute atomic E-state index is 0.303. The molecule has 0 radical (unpaired) electrons. The van der Waals surface area contributed by atoms with E-state index in [1.807, 2.05) is 0 Å². The summed E-state index contributed by atoms with van der Waals surface area (Å²) >= 11 is 0. The van der Waals surface area contributed by atoms with Crippen LogP contribution in [-0.4, -0.2) is 23.5 Å². The number of nitrogens with zero attached hydrogens (tertiary/aromatic N) is 1.